The van der Waals surface area contributed by atoms with E-state index in [1.54, 1.807) is 0 Å². The van der Waals surface area contributed by atoms with E-state index in [1.165, 1.54) is 11.1 Å². The van der Waals surface area contributed by atoms with Gasteiger partial charge < -0.3 is 0 Å². The molecule has 3 atom stereocenters. The van der Waals surface area contributed by atoms with Crippen LogP contribution in [0.5, 0.6) is 0 Å². The first-order valence-electron chi connectivity index (χ1n) is 7.93. The van der Waals surface area contributed by atoms with Crippen molar-refractivity contribution in [3.05, 3.63) is 35.4 Å². The van der Waals surface area contributed by atoms with Gasteiger partial charge in [0, 0.05) is 12.6 Å². The maximum Gasteiger partial charge on any atom is 0.277 e. The SMILES string of the molecule is CCCNS(=O)(=O)NC1[C@@H]2CC[C@H]1Cc1ccccc1C2. The van der Waals surface area contributed by atoms with Crippen LogP contribution in [0.25, 0.3) is 0 Å². The molecule has 0 spiro atoms. The summed E-state index contributed by atoms with van der Waals surface area (Å²) in [6.07, 6.45) is 5.05. The van der Waals surface area contributed by atoms with E-state index in [2.05, 4.69) is 33.7 Å². The van der Waals surface area contributed by atoms with Crippen molar-refractivity contribution in [2.24, 2.45) is 11.8 Å². The van der Waals surface area contributed by atoms with Crippen LogP contribution in [0.3, 0.4) is 0 Å². The molecule has 0 amide bonds. The maximum atomic E-state index is 12.1. The van der Waals surface area contributed by atoms with Crippen molar-refractivity contribution in [1.29, 1.82) is 0 Å². The van der Waals surface area contributed by atoms with Crippen LogP contribution in [0.4, 0.5) is 0 Å². The predicted molar refractivity (Wildman–Crippen MR) is 84.2 cm³/mol. The Morgan fingerprint density at radius 3 is 2.19 bits per heavy atom. The fourth-order valence-electron chi connectivity index (χ4n) is 3.80. The summed E-state index contributed by atoms with van der Waals surface area (Å²) >= 11 is 0. The lowest BCUT2D eigenvalue weighted by Gasteiger charge is -2.23. The van der Waals surface area contributed by atoms with Gasteiger partial charge in [-0.05, 0) is 55.1 Å². The highest BCUT2D eigenvalue weighted by Gasteiger charge is 2.40. The second-order valence-corrected chi connectivity index (χ2v) is 7.85. The monoisotopic (exact) mass is 308 g/mol. The Hall–Kier alpha value is -0.910. The van der Waals surface area contributed by atoms with E-state index in [1.807, 2.05) is 6.92 Å². The number of benzene rings is 1. The van der Waals surface area contributed by atoms with Gasteiger partial charge in [0.2, 0.25) is 0 Å². The summed E-state index contributed by atoms with van der Waals surface area (Å²) in [5, 5.41) is 0. The zero-order valence-corrected chi connectivity index (χ0v) is 13.3. The van der Waals surface area contributed by atoms with E-state index in [0.29, 0.717) is 18.4 Å². The molecule has 2 N–H and O–H groups in total. The van der Waals surface area contributed by atoms with E-state index in [-0.39, 0.29) is 6.04 Å². The standard InChI is InChI=1S/C16H24N2O2S/c1-2-9-17-21(19,20)18-16-14-7-8-15(16)11-13-6-4-3-5-12(13)10-14/h3-6,14-18H,2,7-11H2,1H3/t14-,15+,16?. The van der Waals surface area contributed by atoms with Crippen LogP contribution in [-0.2, 0) is 23.1 Å². The summed E-state index contributed by atoms with van der Waals surface area (Å²) < 4.78 is 29.8. The first-order chi connectivity index (χ1) is 10.1. The first kappa shape index (κ1) is 15.0. The summed E-state index contributed by atoms with van der Waals surface area (Å²) in [7, 11) is -3.37. The van der Waals surface area contributed by atoms with E-state index >= 15 is 0 Å². The highest BCUT2D eigenvalue weighted by atomic mass is 32.2. The Morgan fingerprint density at radius 2 is 1.67 bits per heavy atom. The third kappa shape index (κ3) is 3.30. The van der Waals surface area contributed by atoms with Crippen molar-refractivity contribution < 1.29 is 8.42 Å². The zero-order valence-electron chi connectivity index (χ0n) is 12.5. The molecule has 5 heteroatoms. The molecule has 0 heterocycles. The number of nitrogens with one attached hydrogen (secondary N) is 2. The van der Waals surface area contributed by atoms with Crippen LogP contribution in [0, 0.1) is 11.8 Å². The normalized spacial score (nSPS) is 28.1. The van der Waals surface area contributed by atoms with Crippen LogP contribution in [0.15, 0.2) is 24.3 Å². The molecular formula is C16H24N2O2S. The molecule has 2 aliphatic rings. The Balaban J connectivity index is 1.77. The van der Waals surface area contributed by atoms with Gasteiger partial charge in [-0.25, -0.2) is 4.72 Å². The molecule has 2 bridgehead atoms. The summed E-state index contributed by atoms with van der Waals surface area (Å²) in [5.41, 5.74) is 2.80. The molecule has 0 aromatic heterocycles. The minimum absolute atomic E-state index is 0.0757. The van der Waals surface area contributed by atoms with Gasteiger partial charge in [-0.15, -0.1) is 0 Å². The Kier molecular flexibility index (Phi) is 4.33. The molecule has 1 saturated carbocycles. The van der Waals surface area contributed by atoms with Crippen molar-refractivity contribution in [3.8, 4) is 0 Å². The van der Waals surface area contributed by atoms with Gasteiger partial charge in [0.25, 0.3) is 10.2 Å². The minimum atomic E-state index is -3.37. The highest BCUT2D eigenvalue weighted by Crippen LogP contribution is 2.40. The molecule has 116 valence electrons. The van der Waals surface area contributed by atoms with Crippen LogP contribution in [-0.4, -0.2) is 21.0 Å². The number of hydrogen-bond donors (Lipinski definition) is 2. The third-order valence-corrected chi connectivity index (χ3v) is 6.01. The summed E-state index contributed by atoms with van der Waals surface area (Å²) in [4.78, 5) is 0. The van der Waals surface area contributed by atoms with Gasteiger partial charge in [-0.2, -0.15) is 13.1 Å². The number of fused-ring (bicyclic) bond motifs is 3. The fraction of sp³-hybridized carbons (Fsp3) is 0.625. The molecule has 2 aliphatic carbocycles. The first-order valence-corrected chi connectivity index (χ1v) is 9.41. The summed E-state index contributed by atoms with van der Waals surface area (Å²) in [6.45, 7) is 2.46. The number of rotatable bonds is 5. The maximum absolute atomic E-state index is 12.1. The lowest BCUT2D eigenvalue weighted by atomic mass is 9.94. The summed E-state index contributed by atoms with van der Waals surface area (Å²) in [6, 6.07) is 8.62. The van der Waals surface area contributed by atoms with Crippen molar-refractivity contribution >= 4 is 10.2 Å². The second kappa shape index (κ2) is 6.07. The average Bonchev–Trinajstić information content (AvgIpc) is 2.71. The second-order valence-electron chi connectivity index (χ2n) is 6.32. The molecule has 0 radical (unpaired) electrons. The lowest BCUT2D eigenvalue weighted by molar-refractivity contribution is 0.384. The molecule has 1 unspecified atom stereocenters. The topological polar surface area (TPSA) is 58.2 Å². The van der Waals surface area contributed by atoms with E-state index < -0.39 is 10.2 Å². The predicted octanol–water partition coefficient (Wildman–Crippen LogP) is 2.01. The van der Waals surface area contributed by atoms with Crippen molar-refractivity contribution in [2.45, 2.75) is 45.1 Å². The molecule has 4 nitrogen and oxygen atoms in total. The Labute approximate surface area is 127 Å². The fourth-order valence-corrected chi connectivity index (χ4v) is 5.10. The third-order valence-electron chi connectivity index (χ3n) is 4.84. The molecule has 0 saturated heterocycles. The highest BCUT2D eigenvalue weighted by molar-refractivity contribution is 7.87. The minimum Gasteiger partial charge on any atom is -0.202 e. The number of hydrogen-bond acceptors (Lipinski definition) is 2. The van der Waals surface area contributed by atoms with Gasteiger partial charge in [0.15, 0.2) is 0 Å². The van der Waals surface area contributed by atoms with Gasteiger partial charge in [0.05, 0.1) is 0 Å². The molecule has 1 aromatic rings. The van der Waals surface area contributed by atoms with Crippen LogP contribution in [0.1, 0.15) is 37.3 Å². The quantitative estimate of drug-likeness (QED) is 0.874. The van der Waals surface area contributed by atoms with Crippen molar-refractivity contribution in [2.75, 3.05) is 6.54 Å². The van der Waals surface area contributed by atoms with Gasteiger partial charge in [-0.3, -0.25) is 0 Å². The average molecular weight is 308 g/mol. The molecular weight excluding hydrogens is 284 g/mol. The smallest absolute Gasteiger partial charge is 0.202 e. The van der Waals surface area contributed by atoms with Crippen molar-refractivity contribution in [1.82, 2.24) is 9.44 Å². The molecule has 0 aliphatic heterocycles. The Morgan fingerprint density at radius 1 is 1.10 bits per heavy atom. The van der Waals surface area contributed by atoms with Crippen LogP contribution < -0.4 is 9.44 Å². The van der Waals surface area contributed by atoms with Crippen molar-refractivity contribution in [3.63, 3.8) is 0 Å². The molecule has 3 rings (SSSR count). The zero-order chi connectivity index (χ0) is 14.9. The van der Waals surface area contributed by atoms with E-state index in [4.69, 9.17) is 0 Å². The van der Waals surface area contributed by atoms with Crippen LogP contribution in [0.2, 0.25) is 0 Å². The van der Waals surface area contributed by atoms with E-state index in [9.17, 15) is 8.42 Å². The molecule has 1 fully saturated rings. The van der Waals surface area contributed by atoms with Crippen LogP contribution >= 0.6 is 0 Å². The molecule has 1 aromatic carbocycles. The van der Waals surface area contributed by atoms with Gasteiger partial charge in [-0.1, -0.05) is 31.2 Å². The Bertz CT molecular complexity index is 567. The molecule has 21 heavy (non-hydrogen) atoms. The summed E-state index contributed by atoms with van der Waals surface area (Å²) in [5.74, 6) is 0.855. The van der Waals surface area contributed by atoms with Gasteiger partial charge >= 0.3 is 0 Å². The lowest BCUT2D eigenvalue weighted by Crippen LogP contribution is -2.47. The largest absolute Gasteiger partial charge is 0.277 e. The van der Waals surface area contributed by atoms with E-state index in [0.717, 1.165) is 32.1 Å². The van der Waals surface area contributed by atoms with Gasteiger partial charge in [0.1, 0.15) is 0 Å².